The second-order valence-corrected chi connectivity index (χ2v) is 9.10. The normalized spacial score (nSPS) is 11.1. The fourth-order valence-electron chi connectivity index (χ4n) is 3.15. The minimum absolute atomic E-state index is 0.699. The zero-order valence-corrected chi connectivity index (χ0v) is 19.4. The van der Waals surface area contributed by atoms with Crippen LogP contribution in [0.3, 0.4) is 0 Å². The maximum Gasteiger partial charge on any atom is 0.204 e. The van der Waals surface area contributed by atoms with E-state index in [1.54, 1.807) is 11.3 Å². The second kappa shape index (κ2) is 9.72. The molecule has 0 unspecified atom stereocenters. The van der Waals surface area contributed by atoms with Crippen LogP contribution in [0.25, 0.3) is 21.1 Å². The van der Waals surface area contributed by atoms with Crippen LogP contribution in [0.4, 0.5) is 21.5 Å². The third-order valence-electron chi connectivity index (χ3n) is 4.74. The van der Waals surface area contributed by atoms with Crippen molar-refractivity contribution in [2.24, 2.45) is 10.2 Å². The molecule has 0 aliphatic rings. The molecule has 8 heteroatoms. The van der Waals surface area contributed by atoms with E-state index in [2.05, 4.69) is 33.2 Å². The summed E-state index contributed by atoms with van der Waals surface area (Å²) in [6.45, 7) is 2.01. The summed E-state index contributed by atoms with van der Waals surface area (Å²) in [5.74, 6) is 0. The topological polar surface area (TPSA) is 74.6 Å². The quantitative estimate of drug-likeness (QED) is 0.187. The third-order valence-corrected chi connectivity index (χ3v) is 6.81. The van der Waals surface area contributed by atoms with E-state index in [9.17, 15) is 0 Å². The van der Waals surface area contributed by atoms with Crippen molar-refractivity contribution in [2.45, 2.75) is 6.92 Å². The highest BCUT2D eigenvalue weighted by Crippen LogP contribution is 2.44. The van der Waals surface area contributed by atoms with Gasteiger partial charge >= 0.3 is 0 Å². The number of rotatable bonds is 7. The van der Waals surface area contributed by atoms with Gasteiger partial charge < -0.3 is 0 Å². The minimum atomic E-state index is 0.699. The Hall–Kier alpha value is -3.88. The number of nitrogens with one attached hydrogen (secondary N) is 2. The molecular formula is C25H20N6S2. The van der Waals surface area contributed by atoms with Gasteiger partial charge in [-0.25, -0.2) is 9.97 Å². The summed E-state index contributed by atoms with van der Waals surface area (Å²) in [5.41, 5.74) is 10.9. The van der Waals surface area contributed by atoms with E-state index in [1.807, 2.05) is 85.8 Å². The van der Waals surface area contributed by atoms with Crippen molar-refractivity contribution in [3.63, 3.8) is 0 Å². The lowest BCUT2D eigenvalue weighted by Gasteiger charge is -2.05. The van der Waals surface area contributed by atoms with Gasteiger partial charge in [0.2, 0.25) is 5.13 Å². The molecule has 0 amide bonds. The van der Waals surface area contributed by atoms with Gasteiger partial charge in [0.25, 0.3) is 0 Å². The first-order chi connectivity index (χ1) is 16.3. The Balaban J connectivity index is 1.50. The smallest absolute Gasteiger partial charge is 0.204 e. The lowest BCUT2D eigenvalue weighted by molar-refractivity contribution is 1.23. The number of anilines is 2. The summed E-state index contributed by atoms with van der Waals surface area (Å²) in [6, 6.07) is 29.8. The number of aryl methyl sites for hydroxylation is 1. The van der Waals surface area contributed by atoms with Gasteiger partial charge in [0.15, 0.2) is 5.00 Å². The SMILES string of the molecule is Cc1nc(-c2ccccc2)sc1-c1nc(NNc2ccccc2)sc1N=Nc1ccccc1. The first-order valence-corrected chi connectivity index (χ1v) is 12.0. The Kier molecular flexibility index (Phi) is 6.19. The fourth-order valence-corrected chi connectivity index (χ4v) is 5.02. The molecule has 6 nitrogen and oxygen atoms in total. The van der Waals surface area contributed by atoms with E-state index in [4.69, 9.17) is 9.97 Å². The Labute approximate surface area is 199 Å². The van der Waals surface area contributed by atoms with E-state index in [0.29, 0.717) is 5.13 Å². The Morgan fingerprint density at radius 1 is 0.697 bits per heavy atom. The summed E-state index contributed by atoms with van der Waals surface area (Å²) in [6.07, 6.45) is 0. The van der Waals surface area contributed by atoms with Gasteiger partial charge in [-0.1, -0.05) is 78.1 Å². The summed E-state index contributed by atoms with van der Waals surface area (Å²) in [7, 11) is 0. The number of benzene rings is 3. The summed E-state index contributed by atoms with van der Waals surface area (Å²) in [4.78, 5) is 10.6. The van der Waals surface area contributed by atoms with Crippen molar-refractivity contribution >= 4 is 44.2 Å². The number of hydrazine groups is 1. The van der Waals surface area contributed by atoms with Gasteiger partial charge in [-0.05, 0) is 31.2 Å². The highest BCUT2D eigenvalue weighted by molar-refractivity contribution is 7.21. The van der Waals surface area contributed by atoms with E-state index in [-0.39, 0.29) is 0 Å². The van der Waals surface area contributed by atoms with Crippen LogP contribution in [-0.4, -0.2) is 9.97 Å². The average molecular weight is 469 g/mol. The zero-order chi connectivity index (χ0) is 22.5. The van der Waals surface area contributed by atoms with Crippen molar-refractivity contribution in [2.75, 3.05) is 10.9 Å². The van der Waals surface area contributed by atoms with Crippen LogP contribution in [0.2, 0.25) is 0 Å². The maximum atomic E-state index is 4.84. The second-order valence-electron chi connectivity index (χ2n) is 7.12. The molecule has 0 atom stereocenters. The first-order valence-electron chi connectivity index (χ1n) is 10.3. The highest BCUT2D eigenvalue weighted by Gasteiger charge is 2.19. The van der Waals surface area contributed by atoms with Crippen LogP contribution in [0.5, 0.6) is 0 Å². The van der Waals surface area contributed by atoms with Crippen LogP contribution < -0.4 is 10.9 Å². The summed E-state index contributed by atoms with van der Waals surface area (Å²) < 4.78 is 0. The number of aromatic nitrogens is 2. The molecule has 0 aliphatic heterocycles. The monoisotopic (exact) mass is 468 g/mol. The number of hydrogen-bond acceptors (Lipinski definition) is 8. The molecular weight excluding hydrogens is 448 g/mol. The van der Waals surface area contributed by atoms with Crippen molar-refractivity contribution in [3.8, 4) is 21.1 Å². The summed E-state index contributed by atoms with van der Waals surface area (Å²) >= 11 is 3.05. The third kappa shape index (κ3) is 4.97. The largest absolute Gasteiger partial charge is 0.299 e. The van der Waals surface area contributed by atoms with E-state index in [0.717, 1.165) is 43.2 Å². The molecule has 5 rings (SSSR count). The zero-order valence-electron chi connectivity index (χ0n) is 17.8. The van der Waals surface area contributed by atoms with Crippen molar-refractivity contribution in [3.05, 3.63) is 96.7 Å². The molecule has 2 N–H and O–H groups in total. The Morgan fingerprint density at radius 2 is 1.36 bits per heavy atom. The van der Waals surface area contributed by atoms with Crippen molar-refractivity contribution in [1.29, 1.82) is 0 Å². The molecule has 0 fully saturated rings. The molecule has 0 saturated carbocycles. The number of para-hydroxylation sites is 1. The van der Waals surface area contributed by atoms with Crippen molar-refractivity contribution in [1.82, 2.24) is 9.97 Å². The average Bonchev–Trinajstić information content (AvgIpc) is 3.46. The molecule has 5 aromatic rings. The van der Waals surface area contributed by atoms with Gasteiger partial charge in [-0.3, -0.25) is 10.9 Å². The van der Waals surface area contributed by atoms with Crippen LogP contribution in [0.1, 0.15) is 5.69 Å². The van der Waals surface area contributed by atoms with E-state index >= 15 is 0 Å². The van der Waals surface area contributed by atoms with Crippen molar-refractivity contribution < 1.29 is 0 Å². The van der Waals surface area contributed by atoms with Gasteiger partial charge in [-0.2, -0.15) is 0 Å². The minimum Gasteiger partial charge on any atom is -0.299 e. The first kappa shape index (κ1) is 21.0. The van der Waals surface area contributed by atoms with Gasteiger partial charge in [-0.15, -0.1) is 21.6 Å². The van der Waals surface area contributed by atoms with E-state index < -0.39 is 0 Å². The molecule has 162 valence electrons. The van der Waals surface area contributed by atoms with Crippen LogP contribution >= 0.6 is 22.7 Å². The molecule has 0 saturated heterocycles. The molecule has 0 radical (unpaired) electrons. The highest BCUT2D eigenvalue weighted by atomic mass is 32.1. The maximum absolute atomic E-state index is 4.84. The number of azo groups is 1. The Bertz CT molecular complexity index is 1360. The number of nitrogens with zero attached hydrogens (tertiary/aromatic N) is 4. The van der Waals surface area contributed by atoms with Gasteiger partial charge in [0, 0.05) is 5.56 Å². The molecule has 2 heterocycles. The molecule has 0 bridgehead atoms. The Morgan fingerprint density at radius 3 is 2.09 bits per heavy atom. The number of thiazole rings is 2. The lowest BCUT2D eigenvalue weighted by atomic mass is 10.2. The van der Waals surface area contributed by atoms with Crippen LogP contribution in [-0.2, 0) is 0 Å². The molecule has 2 aromatic heterocycles. The van der Waals surface area contributed by atoms with E-state index in [1.165, 1.54) is 11.3 Å². The van der Waals surface area contributed by atoms with Crippen LogP contribution in [0.15, 0.2) is 101 Å². The van der Waals surface area contributed by atoms with Gasteiger partial charge in [0.05, 0.1) is 21.9 Å². The molecule has 0 spiro atoms. The number of hydrogen-bond donors (Lipinski definition) is 2. The summed E-state index contributed by atoms with van der Waals surface area (Å²) in [5, 5.41) is 11.3. The predicted octanol–water partition coefficient (Wildman–Crippen LogP) is 8.10. The fraction of sp³-hybridized carbons (Fsp3) is 0.0400. The molecule has 33 heavy (non-hydrogen) atoms. The predicted molar refractivity (Wildman–Crippen MR) is 138 cm³/mol. The molecule has 0 aliphatic carbocycles. The molecule has 3 aromatic carbocycles. The standard InChI is InChI=1S/C25H20N6S2/c1-17-22(32-23(26-17)18-11-5-2-6-12-18)21-24(30-28-19-13-7-3-8-14-19)33-25(27-21)31-29-20-15-9-4-10-16-20/h2-16,29H,1H3,(H,27,31). The van der Waals surface area contributed by atoms with Crippen LogP contribution in [0, 0.1) is 6.92 Å². The van der Waals surface area contributed by atoms with Gasteiger partial charge in [0.1, 0.15) is 10.7 Å². The lowest BCUT2D eigenvalue weighted by Crippen LogP contribution is -2.07.